The third-order valence-corrected chi connectivity index (χ3v) is 3.79. The molecule has 0 aromatic heterocycles. The molecule has 0 unspecified atom stereocenters. The first-order valence-corrected chi connectivity index (χ1v) is 8.23. The summed E-state index contributed by atoms with van der Waals surface area (Å²) in [6.07, 6.45) is 1.40. The first-order valence-electron chi connectivity index (χ1n) is 8.23. The van der Waals surface area contributed by atoms with Gasteiger partial charge in [0.05, 0.1) is 4.92 Å². The summed E-state index contributed by atoms with van der Waals surface area (Å²) in [5.41, 5.74) is 0.595. The molecule has 1 heterocycles. The topological polar surface area (TPSA) is 75.9 Å². The molecule has 1 saturated heterocycles. The van der Waals surface area contributed by atoms with E-state index in [9.17, 15) is 14.9 Å². The lowest BCUT2D eigenvalue weighted by Crippen LogP contribution is -2.42. The number of rotatable bonds is 2. The van der Waals surface area contributed by atoms with Gasteiger partial charge in [0, 0.05) is 44.0 Å². The first kappa shape index (κ1) is 18.0. The smallest absolute Gasteiger partial charge is 0.410 e. The normalized spacial score (nSPS) is 16.3. The van der Waals surface area contributed by atoms with Gasteiger partial charge < -0.3 is 14.5 Å². The molecule has 2 rings (SSSR count). The predicted molar refractivity (Wildman–Crippen MR) is 92.4 cm³/mol. The van der Waals surface area contributed by atoms with E-state index in [1.54, 1.807) is 17.0 Å². The van der Waals surface area contributed by atoms with Crippen molar-refractivity contribution in [1.82, 2.24) is 4.90 Å². The van der Waals surface area contributed by atoms with Gasteiger partial charge in [-0.3, -0.25) is 10.1 Å². The molecule has 0 bridgehead atoms. The van der Waals surface area contributed by atoms with Crippen LogP contribution in [0.3, 0.4) is 0 Å². The predicted octanol–water partition coefficient (Wildman–Crippen LogP) is 3.43. The molecule has 0 aliphatic carbocycles. The van der Waals surface area contributed by atoms with Crippen LogP contribution in [-0.2, 0) is 4.74 Å². The van der Waals surface area contributed by atoms with Crippen LogP contribution in [0.2, 0.25) is 0 Å². The number of carbonyl (C=O) groups excluding carboxylic acids is 1. The molecule has 132 valence electrons. The third-order valence-electron chi connectivity index (χ3n) is 3.79. The molecule has 0 radical (unpaired) electrons. The monoisotopic (exact) mass is 335 g/mol. The molecule has 1 aromatic carbocycles. The minimum atomic E-state index is -0.482. The summed E-state index contributed by atoms with van der Waals surface area (Å²) in [6, 6.07) is 6.62. The molecule has 1 aliphatic heterocycles. The van der Waals surface area contributed by atoms with Crippen LogP contribution in [0.4, 0.5) is 16.2 Å². The maximum atomic E-state index is 12.2. The number of amides is 1. The van der Waals surface area contributed by atoms with Gasteiger partial charge in [-0.1, -0.05) is 0 Å². The van der Waals surface area contributed by atoms with Crippen molar-refractivity contribution in [1.29, 1.82) is 0 Å². The summed E-state index contributed by atoms with van der Waals surface area (Å²) < 4.78 is 5.43. The van der Waals surface area contributed by atoms with Crippen LogP contribution in [0.25, 0.3) is 0 Å². The molecule has 7 heteroatoms. The van der Waals surface area contributed by atoms with Gasteiger partial charge in [-0.2, -0.15) is 0 Å². The lowest BCUT2D eigenvalue weighted by molar-refractivity contribution is -0.384. The van der Waals surface area contributed by atoms with Gasteiger partial charge >= 0.3 is 6.09 Å². The summed E-state index contributed by atoms with van der Waals surface area (Å²) in [5, 5.41) is 10.7. The Labute approximate surface area is 142 Å². The standard InChI is InChI=1S/C17H25N3O4/c1-17(2,3)24-16(21)19-12-4-10-18(11-5-13-19)14-6-8-15(9-7-14)20(22)23/h6-9H,4-5,10-13H2,1-3H3. The molecule has 24 heavy (non-hydrogen) atoms. The highest BCUT2D eigenvalue weighted by molar-refractivity contribution is 5.68. The van der Waals surface area contributed by atoms with E-state index in [0.29, 0.717) is 13.1 Å². The number of carbonyl (C=O) groups is 1. The fraction of sp³-hybridized carbons (Fsp3) is 0.588. The Morgan fingerprint density at radius 3 is 2.08 bits per heavy atom. The van der Waals surface area contributed by atoms with Gasteiger partial charge in [0.15, 0.2) is 0 Å². The van der Waals surface area contributed by atoms with E-state index in [4.69, 9.17) is 4.74 Å². The average molecular weight is 335 g/mol. The fourth-order valence-corrected chi connectivity index (χ4v) is 2.68. The molecule has 1 aromatic rings. The van der Waals surface area contributed by atoms with Crippen molar-refractivity contribution in [2.75, 3.05) is 31.1 Å². The van der Waals surface area contributed by atoms with E-state index in [-0.39, 0.29) is 11.8 Å². The molecule has 1 aliphatic rings. The number of anilines is 1. The molecule has 0 spiro atoms. The first-order chi connectivity index (χ1) is 11.3. The number of hydrogen-bond acceptors (Lipinski definition) is 5. The van der Waals surface area contributed by atoms with E-state index >= 15 is 0 Å². The quantitative estimate of drug-likeness (QED) is 0.611. The van der Waals surface area contributed by atoms with Crippen molar-refractivity contribution in [3.05, 3.63) is 34.4 Å². The van der Waals surface area contributed by atoms with Gasteiger partial charge in [-0.25, -0.2) is 4.79 Å². The van der Waals surface area contributed by atoms with Crippen molar-refractivity contribution in [2.24, 2.45) is 0 Å². The van der Waals surface area contributed by atoms with E-state index in [1.807, 2.05) is 20.8 Å². The lowest BCUT2D eigenvalue weighted by atomic mass is 10.2. The molecule has 1 amide bonds. The molecule has 0 N–H and O–H groups in total. The second-order valence-electron chi connectivity index (χ2n) is 6.94. The maximum Gasteiger partial charge on any atom is 0.410 e. The highest BCUT2D eigenvalue weighted by Crippen LogP contribution is 2.21. The number of benzene rings is 1. The molecule has 1 fully saturated rings. The molecule has 0 saturated carbocycles. The highest BCUT2D eigenvalue weighted by Gasteiger charge is 2.23. The van der Waals surface area contributed by atoms with Crippen molar-refractivity contribution >= 4 is 17.5 Å². The minimum Gasteiger partial charge on any atom is -0.444 e. The van der Waals surface area contributed by atoms with E-state index < -0.39 is 10.5 Å². The number of ether oxygens (including phenoxy) is 1. The van der Waals surface area contributed by atoms with E-state index in [0.717, 1.165) is 31.6 Å². The fourth-order valence-electron chi connectivity index (χ4n) is 2.68. The lowest BCUT2D eigenvalue weighted by Gasteiger charge is -2.32. The summed E-state index contributed by atoms with van der Waals surface area (Å²) in [4.78, 5) is 26.5. The van der Waals surface area contributed by atoms with Crippen molar-refractivity contribution in [2.45, 2.75) is 39.2 Å². The Bertz CT molecular complexity index is 570. The van der Waals surface area contributed by atoms with Gasteiger partial charge in [0.2, 0.25) is 0 Å². The highest BCUT2D eigenvalue weighted by atomic mass is 16.6. The SMILES string of the molecule is CC(C)(C)OC(=O)N1CCCN(c2ccc([N+](=O)[O-])cc2)CCC1. The van der Waals surface area contributed by atoms with Crippen LogP contribution >= 0.6 is 0 Å². The minimum absolute atomic E-state index is 0.0990. The van der Waals surface area contributed by atoms with Crippen LogP contribution in [0.5, 0.6) is 0 Å². The number of nitro benzene ring substituents is 1. The zero-order valence-electron chi connectivity index (χ0n) is 14.5. The Morgan fingerprint density at radius 2 is 1.62 bits per heavy atom. The summed E-state index contributed by atoms with van der Waals surface area (Å²) in [7, 11) is 0. The van der Waals surface area contributed by atoms with E-state index in [1.165, 1.54) is 12.1 Å². The van der Waals surface area contributed by atoms with Crippen molar-refractivity contribution < 1.29 is 14.5 Å². The molecule has 0 atom stereocenters. The van der Waals surface area contributed by atoms with Crippen LogP contribution in [0.15, 0.2) is 24.3 Å². The Morgan fingerprint density at radius 1 is 1.08 bits per heavy atom. The van der Waals surface area contributed by atoms with Crippen molar-refractivity contribution in [3.8, 4) is 0 Å². The number of nitro groups is 1. The maximum absolute atomic E-state index is 12.2. The summed E-state index contributed by atoms with van der Waals surface area (Å²) in [5.74, 6) is 0. The van der Waals surface area contributed by atoms with Gasteiger partial charge in [-0.05, 0) is 45.7 Å². The number of non-ortho nitro benzene ring substituents is 1. The summed E-state index contributed by atoms with van der Waals surface area (Å²) >= 11 is 0. The Hall–Kier alpha value is -2.31. The largest absolute Gasteiger partial charge is 0.444 e. The zero-order chi connectivity index (χ0) is 17.7. The Kier molecular flexibility index (Phi) is 5.64. The average Bonchev–Trinajstić information content (AvgIpc) is 2.45. The third kappa shape index (κ3) is 5.11. The van der Waals surface area contributed by atoms with Crippen LogP contribution in [0.1, 0.15) is 33.6 Å². The second kappa shape index (κ2) is 7.51. The Balaban J connectivity index is 1.92. The van der Waals surface area contributed by atoms with Crippen LogP contribution in [-0.4, -0.2) is 47.7 Å². The number of nitrogens with zero attached hydrogens (tertiary/aromatic N) is 3. The van der Waals surface area contributed by atoms with E-state index in [2.05, 4.69) is 4.90 Å². The molecular formula is C17H25N3O4. The van der Waals surface area contributed by atoms with Crippen LogP contribution in [0, 0.1) is 10.1 Å². The van der Waals surface area contributed by atoms with Crippen molar-refractivity contribution in [3.63, 3.8) is 0 Å². The van der Waals surface area contributed by atoms with Gasteiger partial charge in [0.1, 0.15) is 5.60 Å². The van der Waals surface area contributed by atoms with Gasteiger partial charge in [-0.15, -0.1) is 0 Å². The number of hydrogen-bond donors (Lipinski definition) is 0. The zero-order valence-corrected chi connectivity index (χ0v) is 14.5. The van der Waals surface area contributed by atoms with Crippen LogP contribution < -0.4 is 4.90 Å². The second-order valence-corrected chi connectivity index (χ2v) is 6.94. The summed E-state index contributed by atoms with van der Waals surface area (Å²) in [6.45, 7) is 8.51. The molecular weight excluding hydrogens is 310 g/mol. The molecule has 7 nitrogen and oxygen atoms in total. The van der Waals surface area contributed by atoms with Gasteiger partial charge in [0.25, 0.3) is 5.69 Å².